The Morgan fingerprint density at radius 1 is 1.33 bits per heavy atom. The molecule has 1 N–H and O–H groups in total. The van der Waals surface area contributed by atoms with E-state index in [2.05, 4.69) is 10.2 Å². The Kier molecular flexibility index (Phi) is 5.38. The van der Waals surface area contributed by atoms with Crippen LogP contribution in [0.3, 0.4) is 0 Å². The van der Waals surface area contributed by atoms with Crippen molar-refractivity contribution in [1.29, 1.82) is 0 Å². The number of anilines is 1. The van der Waals surface area contributed by atoms with Crippen molar-refractivity contribution < 1.29 is 14.3 Å². The lowest BCUT2D eigenvalue weighted by atomic mass is 9.97. The topological polar surface area (TPSA) is 50.8 Å². The average Bonchev–Trinajstić information content (AvgIpc) is 2.54. The number of nitrogens with one attached hydrogen (secondary N) is 1. The summed E-state index contributed by atoms with van der Waals surface area (Å²) < 4.78 is 9.97. The first kappa shape index (κ1) is 15.6. The lowest BCUT2D eigenvalue weighted by molar-refractivity contribution is -0.146. The van der Waals surface area contributed by atoms with E-state index >= 15 is 0 Å². The number of ether oxygens (including phenoxy) is 2. The van der Waals surface area contributed by atoms with E-state index in [9.17, 15) is 4.79 Å². The van der Waals surface area contributed by atoms with Crippen LogP contribution in [-0.2, 0) is 9.53 Å². The number of carbonyl (C=O) groups is 1. The summed E-state index contributed by atoms with van der Waals surface area (Å²) in [6.45, 7) is 1.52. The number of benzene rings is 1. The van der Waals surface area contributed by atoms with Crippen LogP contribution >= 0.6 is 12.2 Å². The van der Waals surface area contributed by atoms with Crippen molar-refractivity contribution in [1.82, 2.24) is 4.90 Å². The van der Waals surface area contributed by atoms with E-state index in [0.29, 0.717) is 5.11 Å². The summed E-state index contributed by atoms with van der Waals surface area (Å²) in [5.41, 5.74) is 0.898. The van der Waals surface area contributed by atoms with Gasteiger partial charge in [-0.15, -0.1) is 0 Å². The van der Waals surface area contributed by atoms with Crippen LogP contribution < -0.4 is 10.1 Å². The average molecular weight is 308 g/mol. The van der Waals surface area contributed by atoms with Crippen molar-refractivity contribution in [2.75, 3.05) is 32.6 Å². The monoisotopic (exact) mass is 308 g/mol. The molecule has 0 aromatic heterocycles. The first-order valence-corrected chi connectivity index (χ1v) is 7.32. The van der Waals surface area contributed by atoms with Crippen molar-refractivity contribution in [3.05, 3.63) is 24.3 Å². The van der Waals surface area contributed by atoms with Gasteiger partial charge in [-0.25, -0.2) is 0 Å². The highest BCUT2D eigenvalue weighted by molar-refractivity contribution is 7.80. The van der Waals surface area contributed by atoms with Crippen LogP contribution in [0.25, 0.3) is 0 Å². The Hall–Kier alpha value is -1.82. The molecule has 114 valence electrons. The highest BCUT2D eigenvalue weighted by Gasteiger charge is 2.26. The second-order valence-electron chi connectivity index (χ2n) is 4.95. The van der Waals surface area contributed by atoms with Crippen LogP contribution in [0.4, 0.5) is 5.69 Å². The van der Waals surface area contributed by atoms with Crippen LogP contribution in [0.2, 0.25) is 0 Å². The number of likely N-dealkylation sites (tertiary alicyclic amines) is 1. The second kappa shape index (κ2) is 7.26. The standard InChI is InChI=1S/C15H20N2O3S/c1-19-13-5-3-4-12(10-13)16-15(21)17-8-6-11(7-9-17)14(18)20-2/h3-5,10-11H,6-9H2,1-2H3,(H,16,21). The summed E-state index contributed by atoms with van der Waals surface area (Å²) in [4.78, 5) is 13.6. The molecule has 1 saturated heterocycles. The Bertz CT molecular complexity index is 513. The molecule has 0 amide bonds. The number of rotatable bonds is 3. The van der Waals surface area contributed by atoms with E-state index < -0.39 is 0 Å². The molecular weight excluding hydrogens is 288 g/mol. The molecule has 1 aromatic rings. The molecule has 5 nitrogen and oxygen atoms in total. The zero-order valence-corrected chi connectivity index (χ0v) is 13.1. The summed E-state index contributed by atoms with van der Waals surface area (Å²) in [5.74, 6) is 0.652. The fraction of sp³-hybridized carbons (Fsp3) is 0.467. The summed E-state index contributed by atoms with van der Waals surface area (Å²) in [7, 11) is 3.07. The van der Waals surface area contributed by atoms with E-state index in [1.54, 1.807) is 7.11 Å². The number of esters is 1. The molecule has 0 bridgehead atoms. The van der Waals surface area contributed by atoms with Gasteiger partial charge < -0.3 is 19.7 Å². The minimum absolute atomic E-state index is 0.00845. The van der Waals surface area contributed by atoms with Gasteiger partial charge in [-0.2, -0.15) is 0 Å². The molecule has 6 heteroatoms. The van der Waals surface area contributed by atoms with Gasteiger partial charge >= 0.3 is 5.97 Å². The molecule has 0 atom stereocenters. The molecule has 1 heterocycles. The number of methoxy groups -OCH3 is 2. The van der Waals surface area contributed by atoms with Gasteiger partial charge in [0.25, 0.3) is 0 Å². The number of carbonyl (C=O) groups excluding carboxylic acids is 1. The first-order chi connectivity index (χ1) is 10.1. The van der Waals surface area contributed by atoms with Gasteiger partial charge in [0.05, 0.1) is 20.1 Å². The van der Waals surface area contributed by atoms with E-state index in [1.165, 1.54) is 7.11 Å². The smallest absolute Gasteiger partial charge is 0.308 e. The normalized spacial score (nSPS) is 15.4. The zero-order chi connectivity index (χ0) is 15.2. The highest BCUT2D eigenvalue weighted by Crippen LogP contribution is 2.21. The quantitative estimate of drug-likeness (QED) is 0.683. The van der Waals surface area contributed by atoms with E-state index in [1.807, 2.05) is 24.3 Å². The van der Waals surface area contributed by atoms with Crippen LogP contribution in [0, 0.1) is 5.92 Å². The molecule has 1 aliphatic heterocycles. The number of hydrogen-bond acceptors (Lipinski definition) is 4. The van der Waals surface area contributed by atoms with Gasteiger partial charge in [0.1, 0.15) is 5.75 Å². The highest BCUT2D eigenvalue weighted by atomic mass is 32.1. The molecule has 2 rings (SSSR count). The minimum atomic E-state index is -0.124. The molecule has 0 spiro atoms. The molecule has 0 saturated carbocycles. The molecule has 1 fully saturated rings. The molecule has 1 aromatic carbocycles. The fourth-order valence-electron chi connectivity index (χ4n) is 2.39. The first-order valence-electron chi connectivity index (χ1n) is 6.92. The van der Waals surface area contributed by atoms with Crippen molar-refractivity contribution in [2.24, 2.45) is 5.92 Å². The number of piperidine rings is 1. The summed E-state index contributed by atoms with van der Waals surface area (Å²) in [5, 5.41) is 3.88. The van der Waals surface area contributed by atoms with Gasteiger partial charge in [-0.05, 0) is 37.2 Å². The Morgan fingerprint density at radius 2 is 2.05 bits per heavy atom. The molecule has 0 radical (unpaired) electrons. The predicted molar refractivity (Wildman–Crippen MR) is 85.5 cm³/mol. The molecular formula is C15H20N2O3S. The third-order valence-corrected chi connectivity index (χ3v) is 4.00. The third kappa shape index (κ3) is 4.07. The predicted octanol–water partition coefficient (Wildman–Crippen LogP) is 2.28. The summed E-state index contributed by atoms with van der Waals surface area (Å²) in [6.07, 6.45) is 1.54. The Labute approximate surface area is 130 Å². The van der Waals surface area contributed by atoms with Gasteiger partial charge in [-0.3, -0.25) is 4.79 Å². The Balaban J connectivity index is 1.88. The zero-order valence-electron chi connectivity index (χ0n) is 12.3. The number of nitrogens with zero attached hydrogens (tertiary/aromatic N) is 1. The van der Waals surface area contributed by atoms with E-state index in [4.69, 9.17) is 21.7 Å². The minimum Gasteiger partial charge on any atom is -0.497 e. The van der Waals surface area contributed by atoms with Crippen molar-refractivity contribution in [3.8, 4) is 5.75 Å². The largest absolute Gasteiger partial charge is 0.497 e. The third-order valence-electron chi connectivity index (χ3n) is 3.64. The van der Waals surface area contributed by atoms with Gasteiger partial charge in [0, 0.05) is 24.8 Å². The second-order valence-corrected chi connectivity index (χ2v) is 5.33. The van der Waals surface area contributed by atoms with Crippen LogP contribution in [0.5, 0.6) is 5.75 Å². The van der Waals surface area contributed by atoms with Crippen LogP contribution in [-0.4, -0.2) is 43.3 Å². The Morgan fingerprint density at radius 3 is 2.67 bits per heavy atom. The maximum atomic E-state index is 11.5. The van der Waals surface area contributed by atoms with Crippen LogP contribution in [0.1, 0.15) is 12.8 Å². The lowest BCUT2D eigenvalue weighted by Crippen LogP contribution is -2.42. The maximum Gasteiger partial charge on any atom is 0.308 e. The summed E-state index contributed by atoms with van der Waals surface area (Å²) >= 11 is 5.43. The molecule has 0 unspecified atom stereocenters. The summed E-state index contributed by atoms with van der Waals surface area (Å²) in [6, 6.07) is 7.63. The lowest BCUT2D eigenvalue weighted by Gasteiger charge is -2.32. The van der Waals surface area contributed by atoms with Crippen molar-refractivity contribution in [3.63, 3.8) is 0 Å². The molecule has 21 heavy (non-hydrogen) atoms. The molecule has 1 aliphatic rings. The number of hydrogen-bond donors (Lipinski definition) is 1. The number of thiocarbonyl (C=S) groups is 1. The van der Waals surface area contributed by atoms with Crippen LogP contribution in [0.15, 0.2) is 24.3 Å². The van der Waals surface area contributed by atoms with Crippen molar-refractivity contribution >= 4 is 29.0 Å². The van der Waals surface area contributed by atoms with E-state index in [0.717, 1.165) is 37.4 Å². The van der Waals surface area contributed by atoms with Gasteiger partial charge in [0.15, 0.2) is 5.11 Å². The van der Waals surface area contributed by atoms with Gasteiger partial charge in [0.2, 0.25) is 0 Å². The fourth-order valence-corrected chi connectivity index (χ4v) is 2.69. The van der Waals surface area contributed by atoms with E-state index in [-0.39, 0.29) is 11.9 Å². The maximum absolute atomic E-state index is 11.5. The molecule has 0 aliphatic carbocycles. The van der Waals surface area contributed by atoms with Gasteiger partial charge in [-0.1, -0.05) is 6.07 Å². The van der Waals surface area contributed by atoms with Crippen molar-refractivity contribution in [2.45, 2.75) is 12.8 Å². The SMILES string of the molecule is COC(=O)C1CCN(C(=S)Nc2cccc(OC)c2)CC1.